The fourth-order valence-corrected chi connectivity index (χ4v) is 3.73. The first-order valence-electron chi connectivity index (χ1n) is 8.07. The van der Waals surface area contributed by atoms with Crippen molar-refractivity contribution >= 4 is 5.69 Å². The number of rotatable bonds is 3. The highest BCUT2D eigenvalue weighted by atomic mass is 15.2. The molecular formula is C17H27N3. The second-order valence-corrected chi connectivity index (χ2v) is 6.19. The third-order valence-corrected chi connectivity index (χ3v) is 5.05. The van der Waals surface area contributed by atoms with Crippen molar-refractivity contribution < 1.29 is 0 Å². The van der Waals surface area contributed by atoms with E-state index in [2.05, 4.69) is 52.5 Å². The van der Waals surface area contributed by atoms with Crippen LogP contribution in [0.15, 0.2) is 30.3 Å². The van der Waals surface area contributed by atoms with Gasteiger partial charge in [-0.1, -0.05) is 18.2 Å². The normalized spacial score (nSPS) is 28.2. The number of hydrogen-bond donors (Lipinski definition) is 1. The molecule has 1 heterocycles. The molecule has 20 heavy (non-hydrogen) atoms. The molecule has 0 unspecified atom stereocenters. The van der Waals surface area contributed by atoms with E-state index in [0.29, 0.717) is 0 Å². The molecule has 0 radical (unpaired) electrons. The molecule has 1 aliphatic heterocycles. The summed E-state index contributed by atoms with van der Waals surface area (Å²) in [5, 5.41) is 3.45. The Bertz CT molecular complexity index is 392. The number of benzene rings is 1. The van der Waals surface area contributed by atoms with Crippen molar-refractivity contribution in [2.45, 2.75) is 37.8 Å². The van der Waals surface area contributed by atoms with Crippen molar-refractivity contribution in [1.82, 2.24) is 10.2 Å². The van der Waals surface area contributed by atoms with Gasteiger partial charge in [-0.2, -0.15) is 0 Å². The Kier molecular flexibility index (Phi) is 4.58. The van der Waals surface area contributed by atoms with E-state index in [0.717, 1.165) is 12.1 Å². The molecule has 110 valence electrons. The number of nitrogens with zero attached hydrogens (tertiary/aromatic N) is 2. The number of piperazine rings is 1. The van der Waals surface area contributed by atoms with Gasteiger partial charge in [-0.25, -0.2) is 0 Å². The molecular weight excluding hydrogens is 246 g/mol. The molecule has 1 N–H and O–H groups in total. The molecule has 3 nitrogen and oxygen atoms in total. The van der Waals surface area contributed by atoms with Crippen LogP contribution in [0.3, 0.4) is 0 Å². The Morgan fingerprint density at radius 1 is 1.00 bits per heavy atom. The molecule has 0 spiro atoms. The molecule has 0 aromatic heterocycles. The van der Waals surface area contributed by atoms with Crippen LogP contribution in [0.4, 0.5) is 5.69 Å². The molecule has 1 aliphatic carbocycles. The van der Waals surface area contributed by atoms with Crippen LogP contribution in [0, 0.1) is 0 Å². The summed E-state index contributed by atoms with van der Waals surface area (Å²) in [4.78, 5) is 5.18. The molecule has 3 rings (SSSR count). The molecule has 1 saturated heterocycles. The lowest BCUT2D eigenvalue weighted by molar-refractivity contribution is 0.133. The van der Waals surface area contributed by atoms with Gasteiger partial charge in [0.2, 0.25) is 0 Å². The SMILES string of the molecule is CN(c1ccccc1)C1CCC(N2CCNCC2)CC1. The van der Waals surface area contributed by atoms with Gasteiger partial charge < -0.3 is 10.2 Å². The third-order valence-electron chi connectivity index (χ3n) is 5.05. The van der Waals surface area contributed by atoms with Crippen molar-refractivity contribution in [2.75, 3.05) is 38.1 Å². The largest absolute Gasteiger partial charge is 0.372 e. The Hall–Kier alpha value is -1.06. The standard InChI is InChI=1S/C17H27N3/c1-19(15-5-3-2-4-6-15)16-7-9-17(10-8-16)20-13-11-18-12-14-20/h2-6,16-18H,7-14H2,1H3. The second-order valence-electron chi connectivity index (χ2n) is 6.19. The van der Waals surface area contributed by atoms with Gasteiger partial charge in [-0.3, -0.25) is 4.90 Å². The summed E-state index contributed by atoms with van der Waals surface area (Å²) in [6.07, 6.45) is 5.39. The molecule has 1 aromatic rings. The summed E-state index contributed by atoms with van der Waals surface area (Å²) in [5.74, 6) is 0. The molecule has 1 aromatic carbocycles. The fourth-order valence-electron chi connectivity index (χ4n) is 3.73. The molecule has 0 bridgehead atoms. The third kappa shape index (κ3) is 3.15. The van der Waals surface area contributed by atoms with E-state index in [9.17, 15) is 0 Å². The first-order valence-corrected chi connectivity index (χ1v) is 8.07. The lowest BCUT2D eigenvalue weighted by Gasteiger charge is -2.41. The number of nitrogens with one attached hydrogen (secondary N) is 1. The van der Waals surface area contributed by atoms with Crippen LogP contribution in [-0.4, -0.2) is 50.2 Å². The zero-order valence-electron chi connectivity index (χ0n) is 12.6. The maximum atomic E-state index is 3.45. The lowest BCUT2D eigenvalue weighted by atomic mass is 9.89. The Balaban J connectivity index is 1.53. The Morgan fingerprint density at radius 2 is 1.65 bits per heavy atom. The molecule has 2 fully saturated rings. The first kappa shape index (κ1) is 13.9. The predicted octanol–water partition coefficient (Wildman–Crippen LogP) is 2.34. The number of para-hydroxylation sites is 1. The lowest BCUT2D eigenvalue weighted by Crippen LogP contribution is -2.50. The van der Waals surface area contributed by atoms with Gasteiger partial charge in [0.25, 0.3) is 0 Å². The molecule has 0 amide bonds. The van der Waals surface area contributed by atoms with Gasteiger partial charge in [-0.15, -0.1) is 0 Å². The average molecular weight is 273 g/mol. The van der Waals surface area contributed by atoms with Gasteiger partial charge in [0.05, 0.1) is 0 Å². The summed E-state index contributed by atoms with van der Waals surface area (Å²) in [5.41, 5.74) is 1.36. The van der Waals surface area contributed by atoms with Gasteiger partial charge in [0.1, 0.15) is 0 Å². The molecule has 2 aliphatic rings. The van der Waals surface area contributed by atoms with Crippen LogP contribution in [0.1, 0.15) is 25.7 Å². The van der Waals surface area contributed by atoms with Crippen molar-refractivity contribution in [1.29, 1.82) is 0 Å². The summed E-state index contributed by atoms with van der Waals surface area (Å²) >= 11 is 0. The highest BCUT2D eigenvalue weighted by Gasteiger charge is 2.28. The topological polar surface area (TPSA) is 18.5 Å². The molecule has 0 atom stereocenters. The summed E-state index contributed by atoms with van der Waals surface area (Å²) < 4.78 is 0. The number of hydrogen-bond acceptors (Lipinski definition) is 3. The van der Waals surface area contributed by atoms with Crippen LogP contribution < -0.4 is 10.2 Å². The quantitative estimate of drug-likeness (QED) is 0.912. The smallest absolute Gasteiger partial charge is 0.0366 e. The van der Waals surface area contributed by atoms with Crippen LogP contribution in [0.25, 0.3) is 0 Å². The van der Waals surface area contributed by atoms with E-state index in [1.807, 2.05) is 0 Å². The van der Waals surface area contributed by atoms with E-state index >= 15 is 0 Å². The van der Waals surface area contributed by atoms with Gasteiger partial charge in [0, 0.05) is 51.0 Å². The average Bonchev–Trinajstić information content (AvgIpc) is 2.56. The Labute approximate surface area is 123 Å². The highest BCUT2D eigenvalue weighted by molar-refractivity contribution is 5.46. The minimum Gasteiger partial charge on any atom is -0.372 e. The fraction of sp³-hybridized carbons (Fsp3) is 0.647. The van der Waals surface area contributed by atoms with E-state index in [4.69, 9.17) is 0 Å². The molecule has 3 heteroatoms. The number of anilines is 1. The van der Waals surface area contributed by atoms with Gasteiger partial charge in [0.15, 0.2) is 0 Å². The summed E-state index contributed by atoms with van der Waals surface area (Å²) in [7, 11) is 2.26. The van der Waals surface area contributed by atoms with Gasteiger partial charge in [-0.05, 0) is 37.8 Å². The zero-order valence-corrected chi connectivity index (χ0v) is 12.6. The Morgan fingerprint density at radius 3 is 2.30 bits per heavy atom. The van der Waals surface area contributed by atoms with Crippen molar-refractivity contribution in [2.24, 2.45) is 0 Å². The van der Waals surface area contributed by atoms with E-state index in [1.165, 1.54) is 57.5 Å². The van der Waals surface area contributed by atoms with Crippen molar-refractivity contribution in [3.63, 3.8) is 0 Å². The summed E-state index contributed by atoms with van der Waals surface area (Å²) in [6, 6.07) is 12.4. The minimum absolute atomic E-state index is 0.719. The molecule has 1 saturated carbocycles. The maximum absolute atomic E-state index is 3.45. The van der Waals surface area contributed by atoms with Crippen molar-refractivity contribution in [3.8, 4) is 0 Å². The van der Waals surface area contributed by atoms with E-state index in [-0.39, 0.29) is 0 Å². The monoisotopic (exact) mass is 273 g/mol. The summed E-state index contributed by atoms with van der Waals surface area (Å²) in [6.45, 7) is 4.82. The highest BCUT2D eigenvalue weighted by Crippen LogP contribution is 2.28. The van der Waals surface area contributed by atoms with E-state index in [1.54, 1.807) is 0 Å². The van der Waals surface area contributed by atoms with Crippen LogP contribution in [0.5, 0.6) is 0 Å². The van der Waals surface area contributed by atoms with Gasteiger partial charge >= 0.3 is 0 Å². The minimum atomic E-state index is 0.719. The van der Waals surface area contributed by atoms with Crippen LogP contribution in [-0.2, 0) is 0 Å². The first-order chi connectivity index (χ1) is 9.84. The maximum Gasteiger partial charge on any atom is 0.0366 e. The second kappa shape index (κ2) is 6.59. The zero-order chi connectivity index (χ0) is 13.8. The predicted molar refractivity (Wildman–Crippen MR) is 85.3 cm³/mol. The van der Waals surface area contributed by atoms with Crippen LogP contribution in [0.2, 0.25) is 0 Å². The van der Waals surface area contributed by atoms with Crippen molar-refractivity contribution in [3.05, 3.63) is 30.3 Å². The van der Waals surface area contributed by atoms with Crippen LogP contribution >= 0.6 is 0 Å². The van der Waals surface area contributed by atoms with E-state index < -0.39 is 0 Å².